The van der Waals surface area contributed by atoms with Crippen LogP contribution >= 0.6 is 0 Å². The molecular formula is C13H18O. The zero-order chi connectivity index (χ0) is 11.0. The highest BCUT2D eigenvalue weighted by Crippen LogP contribution is 2.09. The Labute approximate surface area is 86.4 Å². The maximum Gasteiger partial charge on any atom is 0.108 e. The Bertz CT molecular complexity index is 311. The van der Waals surface area contributed by atoms with Gasteiger partial charge in [-0.3, -0.25) is 0 Å². The molecule has 0 aliphatic heterocycles. The molecule has 0 aliphatic carbocycles. The second-order valence-corrected chi connectivity index (χ2v) is 2.68. The molecule has 1 aromatic rings. The van der Waals surface area contributed by atoms with Gasteiger partial charge >= 0.3 is 0 Å². The van der Waals surface area contributed by atoms with Gasteiger partial charge in [-0.05, 0) is 24.1 Å². The third-order valence-electron chi connectivity index (χ3n) is 1.64. The highest BCUT2D eigenvalue weighted by molar-refractivity contribution is 5.55. The number of benzene rings is 1. The zero-order valence-electron chi connectivity index (χ0n) is 9.12. The number of aliphatic hydroxyl groups excluding tert-OH is 1. The predicted octanol–water partition coefficient (Wildman–Crippen LogP) is 4.11. The van der Waals surface area contributed by atoms with E-state index in [0.717, 1.165) is 5.56 Å². The van der Waals surface area contributed by atoms with Crippen LogP contribution in [0.1, 0.15) is 25.0 Å². The fourth-order valence-corrected chi connectivity index (χ4v) is 0.960. The Morgan fingerprint density at radius 3 is 2.36 bits per heavy atom. The first-order chi connectivity index (χ1) is 6.70. The predicted molar refractivity (Wildman–Crippen MR) is 63.3 cm³/mol. The Kier molecular flexibility index (Phi) is 6.21. The molecule has 76 valence electrons. The van der Waals surface area contributed by atoms with E-state index < -0.39 is 0 Å². The molecule has 0 radical (unpaired) electrons. The Morgan fingerprint density at radius 2 is 1.86 bits per heavy atom. The van der Waals surface area contributed by atoms with Crippen molar-refractivity contribution < 1.29 is 5.11 Å². The molecule has 1 aromatic carbocycles. The van der Waals surface area contributed by atoms with Crippen LogP contribution in [0.4, 0.5) is 0 Å². The number of aliphatic hydroxyl groups is 1. The van der Waals surface area contributed by atoms with E-state index in [0.29, 0.717) is 0 Å². The SMILES string of the molecule is C=C(O)/C=C\c1ccccc1C.CC. The molecule has 0 aromatic heterocycles. The summed E-state index contributed by atoms with van der Waals surface area (Å²) in [6, 6.07) is 7.97. The smallest absolute Gasteiger partial charge is 0.108 e. The number of allylic oxidation sites excluding steroid dienone is 1. The minimum Gasteiger partial charge on any atom is -0.509 e. The van der Waals surface area contributed by atoms with Gasteiger partial charge in [0.1, 0.15) is 5.76 Å². The zero-order valence-corrected chi connectivity index (χ0v) is 9.12. The Hall–Kier alpha value is -1.50. The monoisotopic (exact) mass is 190 g/mol. The van der Waals surface area contributed by atoms with E-state index in [1.807, 2.05) is 51.1 Å². The van der Waals surface area contributed by atoms with Crippen molar-refractivity contribution in [1.29, 1.82) is 0 Å². The lowest BCUT2D eigenvalue weighted by Crippen LogP contribution is -1.78. The van der Waals surface area contributed by atoms with Crippen molar-refractivity contribution in [3.63, 3.8) is 0 Å². The summed E-state index contributed by atoms with van der Waals surface area (Å²) in [5, 5.41) is 8.82. The maximum absolute atomic E-state index is 8.82. The van der Waals surface area contributed by atoms with Crippen LogP contribution in [0.3, 0.4) is 0 Å². The van der Waals surface area contributed by atoms with E-state index >= 15 is 0 Å². The second-order valence-electron chi connectivity index (χ2n) is 2.68. The van der Waals surface area contributed by atoms with E-state index in [4.69, 9.17) is 5.11 Å². The van der Waals surface area contributed by atoms with E-state index in [9.17, 15) is 0 Å². The first-order valence-electron chi connectivity index (χ1n) is 4.82. The van der Waals surface area contributed by atoms with Crippen molar-refractivity contribution in [1.82, 2.24) is 0 Å². The van der Waals surface area contributed by atoms with Crippen LogP contribution < -0.4 is 0 Å². The van der Waals surface area contributed by atoms with Gasteiger partial charge in [0, 0.05) is 0 Å². The van der Waals surface area contributed by atoms with Gasteiger partial charge in [-0.2, -0.15) is 0 Å². The summed E-state index contributed by atoms with van der Waals surface area (Å²) >= 11 is 0. The van der Waals surface area contributed by atoms with Crippen molar-refractivity contribution >= 4 is 6.08 Å². The molecule has 0 spiro atoms. The van der Waals surface area contributed by atoms with Crippen LogP contribution in [0.2, 0.25) is 0 Å². The van der Waals surface area contributed by atoms with Crippen LogP contribution in [-0.4, -0.2) is 5.11 Å². The Balaban J connectivity index is 0.000000791. The molecule has 1 rings (SSSR count). The van der Waals surface area contributed by atoms with Gasteiger partial charge in [0.15, 0.2) is 0 Å². The third kappa shape index (κ3) is 4.51. The van der Waals surface area contributed by atoms with Crippen LogP contribution in [0.5, 0.6) is 0 Å². The van der Waals surface area contributed by atoms with Gasteiger partial charge in [-0.25, -0.2) is 0 Å². The van der Waals surface area contributed by atoms with E-state index in [-0.39, 0.29) is 5.76 Å². The van der Waals surface area contributed by atoms with Gasteiger partial charge in [0.05, 0.1) is 0 Å². The van der Waals surface area contributed by atoms with Crippen molar-refractivity contribution in [2.75, 3.05) is 0 Å². The molecule has 0 saturated heterocycles. The first kappa shape index (κ1) is 12.5. The van der Waals surface area contributed by atoms with Gasteiger partial charge in [0.25, 0.3) is 0 Å². The van der Waals surface area contributed by atoms with E-state index in [2.05, 4.69) is 6.58 Å². The summed E-state index contributed by atoms with van der Waals surface area (Å²) in [7, 11) is 0. The van der Waals surface area contributed by atoms with Crippen molar-refractivity contribution in [3.05, 3.63) is 53.8 Å². The first-order valence-corrected chi connectivity index (χ1v) is 4.82. The highest BCUT2D eigenvalue weighted by atomic mass is 16.3. The maximum atomic E-state index is 8.82. The molecule has 1 heteroatoms. The van der Waals surface area contributed by atoms with Crippen LogP contribution in [0.15, 0.2) is 42.7 Å². The van der Waals surface area contributed by atoms with Gasteiger partial charge in [0.2, 0.25) is 0 Å². The van der Waals surface area contributed by atoms with Gasteiger partial charge in [-0.15, -0.1) is 0 Å². The molecule has 0 heterocycles. The van der Waals surface area contributed by atoms with Crippen LogP contribution in [0, 0.1) is 6.92 Å². The molecule has 14 heavy (non-hydrogen) atoms. The molecule has 0 saturated carbocycles. The van der Waals surface area contributed by atoms with Gasteiger partial charge < -0.3 is 5.11 Å². The molecular weight excluding hydrogens is 172 g/mol. The fraction of sp³-hybridized carbons (Fsp3) is 0.231. The summed E-state index contributed by atoms with van der Waals surface area (Å²) in [4.78, 5) is 0. The molecule has 0 unspecified atom stereocenters. The highest BCUT2D eigenvalue weighted by Gasteiger charge is 1.89. The fourth-order valence-electron chi connectivity index (χ4n) is 0.960. The largest absolute Gasteiger partial charge is 0.509 e. The second kappa shape index (κ2) is 6.96. The number of hydrogen-bond acceptors (Lipinski definition) is 1. The molecule has 0 fully saturated rings. The standard InChI is InChI=1S/C11H12O.C2H6/c1-9-5-3-4-6-11(9)8-7-10(2)12;1-2/h3-8,12H,2H2,1H3;1-2H3/b8-7-;. The average Bonchev–Trinajstić information content (AvgIpc) is 2.19. The van der Waals surface area contributed by atoms with E-state index in [1.165, 1.54) is 5.56 Å². The van der Waals surface area contributed by atoms with Crippen molar-refractivity contribution in [2.24, 2.45) is 0 Å². The Morgan fingerprint density at radius 1 is 1.29 bits per heavy atom. The lowest BCUT2D eigenvalue weighted by Gasteiger charge is -1.97. The molecule has 0 aliphatic rings. The molecule has 1 nitrogen and oxygen atoms in total. The van der Waals surface area contributed by atoms with Crippen molar-refractivity contribution in [2.45, 2.75) is 20.8 Å². The van der Waals surface area contributed by atoms with Gasteiger partial charge in [-0.1, -0.05) is 50.8 Å². The summed E-state index contributed by atoms with van der Waals surface area (Å²) < 4.78 is 0. The van der Waals surface area contributed by atoms with Crippen LogP contribution in [-0.2, 0) is 0 Å². The molecule has 1 N–H and O–H groups in total. The van der Waals surface area contributed by atoms with Crippen LogP contribution in [0.25, 0.3) is 6.08 Å². The summed E-state index contributed by atoms with van der Waals surface area (Å²) in [5.74, 6) is 0.0817. The molecule has 0 atom stereocenters. The molecule has 0 amide bonds. The lowest BCUT2D eigenvalue weighted by molar-refractivity contribution is 0.436. The number of aryl methyl sites for hydroxylation is 1. The quantitative estimate of drug-likeness (QED) is 0.549. The normalized spacial score (nSPS) is 9.36. The minimum absolute atomic E-state index is 0.0817. The summed E-state index contributed by atoms with van der Waals surface area (Å²) in [6.07, 6.45) is 3.43. The number of hydrogen-bond donors (Lipinski definition) is 1. The summed E-state index contributed by atoms with van der Waals surface area (Å²) in [5.41, 5.74) is 2.29. The number of rotatable bonds is 2. The summed E-state index contributed by atoms with van der Waals surface area (Å²) in [6.45, 7) is 9.40. The van der Waals surface area contributed by atoms with Crippen molar-refractivity contribution in [3.8, 4) is 0 Å². The lowest BCUT2D eigenvalue weighted by atomic mass is 10.1. The third-order valence-corrected chi connectivity index (χ3v) is 1.64. The van der Waals surface area contributed by atoms with E-state index in [1.54, 1.807) is 6.08 Å². The topological polar surface area (TPSA) is 20.2 Å². The average molecular weight is 190 g/mol. The minimum atomic E-state index is 0.0817. The molecule has 0 bridgehead atoms.